The standard InChI is InChI=1S/C18H25F3N2O3/c1-2-22-18(26)13-12(19)15(24)16(25)14(17(20)21)23(13)10-6-9-11-7-4-3-5-8-11/h3-5,7-8,12-17,24-25H,2,6,9-10H2,1H3,(H,22,26). The lowest BCUT2D eigenvalue weighted by Gasteiger charge is -2.47. The number of benzene rings is 1. The van der Waals surface area contributed by atoms with E-state index in [1.54, 1.807) is 6.92 Å². The maximum atomic E-state index is 14.5. The Morgan fingerprint density at radius 2 is 1.88 bits per heavy atom. The Morgan fingerprint density at radius 3 is 2.46 bits per heavy atom. The molecule has 1 aromatic carbocycles. The molecule has 5 atom stereocenters. The summed E-state index contributed by atoms with van der Waals surface area (Å²) in [4.78, 5) is 13.2. The van der Waals surface area contributed by atoms with Crippen molar-refractivity contribution in [1.82, 2.24) is 10.2 Å². The lowest BCUT2D eigenvalue weighted by molar-refractivity contribution is -0.178. The number of carbonyl (C=O) groups is 1. The third kappa shape index (κ3) is 4.55. The van der Waals surface area contributed by atoms with Crippen molar-refractivity contribution >= 4 is 5.91 Å². The molecule has 1 aromatic rings. The van der Waals surface area contributed by atoms with E-state index in [4.69, 9.17) is 0 Å². The van der Waals surface area contributed by atoms with Gasteiger partial charge in [-0.25, -0.2) is 13.2 Å². The van der Waals surface area contributed by atoms with E-state index >= 15 is 0 Å². The molecule has 0 spiro atoms. The second-order valence-electron chi connectivity index (χ2n) is 6.42. The van der Waals surface area contributed by atoms with Crippen LogP contribution in [0.5, 0.6) is 0 Å². The molecule has 8 heteroatoms. The number of aliphatic hydroxyl groups excluding tert-OH is 2. The Hall–Kier alpha value is -1.64. The topological polar surface area (TPSA) is 72.8 Å². The number of nitrogens with zero attached hydrogens (tertiary/aromatic N) is 1. The summed E-state index contributed by atoms with van der Waals surface area (Å²) in [6.45, 7) is 1.83. The van der Waals surface area contributed by atoms with Crippen molar-refractivity contribution in [2.45, 2.75) is 56.7 Å². The largest absolute Gasteiger partial charge is 0.388 e. The molecule has 26 heavy (non-hydrogen) atoms. The number of piperidine rings is 1. The first-order valence-corrected chi connectivity index (χ1v) is 8.74. The number of likely N-dealkylation sites (N-methyl/N-ethyl adjacent to an activating group) is 1. The first kappa shape index (κ1) is 20.7. The highest BCUT2D eigenvalue weighted by atomic mass is 19.3. The Kier molecular flexibility index (Phi) is 7.43. The van der Waals surface area contributed by atoms with Crippen LogP contribution in [-0.4, -0.2) is 71.0 Å². The fourth-order valence-corrected chi connectivity index (χ4v) is 3.41. The van der Waals surface area contributed by atoms with Crippen LogP contribution in [0.1, 0.15) is 18.9 Å². The van der Waals surface area contributed by atoms with Crippen molar-refractivity contribution < 1.29 is 28.2 Å². The number of hydrogen-bond donors (Lipinski definition) is 3. The monoisotopic (exact) mass is 374 g/mol. The molecule has 1 heterocycles. The number of hydrogen-bond acceptors (Lipinski definition) is 4. The molecular weight excluding hydrogens is 349 g/mol. The van der Waals surface area contributed by atoms with Crippen molar-refractivity contribution in [2.75, 3.05) is 13.1 Å². The van der Waals surface area contributed by atoms with Gasteiger partial charge in [0.15, 0.2) is 6.17 Å². The number of rotatable bonds is 7. The molecule has 0 aromatic heterocycles. The van der Waals surface area contributed by atoms with Gasteiger partial charge in [-0.2, -0.15) is 0 Å². The lowest BCUT2D eigenvalue weighted by Crippen LogP contribution is -2.70. The fourth-order valence-electron chi connectivity index (χ4n) is 3.41. The summed E-state index contributed by atoms with van der Waals surface area (Å²) >= 11 is 0. The van der Waals surface area contributed by atoms with Gasteiger partial charge in [0, 0.05) is 6.54 Å². The van der Waals surface area contributed by atoms with E-state index in [2.05, 4.69) is 5.32 Å². The zero-order valence-electron chi connectivity index (χ0n) is 14.6. The summed E-state index contributed by atoms with van der Waals surface area (Å²) in [5.41, 5.74) is 0.991. The molecule has 0 aliphatic carbocycles. The number of amides is 1. The van der Waals surface area contributed by atoms with Crippen molar-refractivity contribution in [2.24, 2.45) is 0 Å². The molecule has 1 aliphatic rings. The summed E-state index contributed by atoms with van der Waals surface area (Å²) in [7, 11) is 0. The number of likely N-dealkylation sites (tertiary alicyclic amines) is 1. The molecule has 3 N–H and O–H groups in total. The molecule has 1 saturated heterocycles. The smallest absolute Gasteiger partial charge is 0.256 e. The summed E-state index contributed by atoms with van der Waals surface area (Å²) in [5, 5.41) is 22.2. The Balaban J connectivity index is 2.19. The van der Waals surface area contributed by atoms with Gasteiger partial charge < -0.3 is 15.5 Å². The minimum absolute atomic E-state index is 0.00407. The summed E-state index contributed by atoms with van der Waals surface area (Å²) in [6, 6.07) is 5.97. The quantitative estimate of drug-likeness (QED) is 0.669. The van der Waals surface area contributed by atoms with Gasteiger partial charge in [0.25, 0.3) is 6.43 Å². The van der Waals surface area contributed by atoms with Crippen LogP contribution in [0.25, 0.3) is 0 Å². The van der Waals surface area contributed by atoms with Gasteiger partial charge in [-0.15, -0.1) is 0 Å². The van der Waals surface area contributed by atoms with Crippen LogP contribution >= 0.6 is 0 Å². The van der Waals surface area contributed by atoms with Crippen LogP contribution in [0, 0.1) is 0 Å². The molecule has 146 valence electrons. The highest BCUT2D eigenvalue weighted by molar-refractivity contribution is 5.82. The fraction of sp³-hybridized carbons (Fsp3) is 0.611. The number of nitrogens with one attached hydrogen (secondary N) is 1. The van der Waals surface area contributed by atoms with Gasteiger partial charge in [0.1, 0.15) is 24.3 Å². The second kappa shape index (κ2) is 9.34. The van der Waals surface area contributed by atoms with Gasteiger partial charge in [-0.3, -0.25) is 9.69 Å². The first-order chi connectivity index (χ1) is 12.4. The van der Waals surface area contributed by atoms with Crippen molar-refractivity contribution in [3.05, 3.63) is 35.9 Å². The van der Waals surface area contributed by atoms with Crippen LogP contribution < -0.4 is 5.32 Å². The van der Waals surface area contributed by atoms with E-state index in [-0.39, 0.29) is 13.1 Å². The highest BCUT2D eigenvalue weighted by Gasteiger charge is 2.54. The molecule has 2 rings (SSSR count). The first-order valence-electron chi connectivity index (χ1n) is 8.74. The molecular formula is C18H25F3N2O3. The van der Waals surface area contributed by atoms with E-state index in [1.165, 1.54) is 0 Å². The van der Waals surface area contributed by atoms with Crippen molar-refractivity contribution in [1.29, 1.82) is 0 Å². The van der Waals surface area contributed by atoms with Crippen LogP contribution in [-0.2, 0) is 11.2 Å². The van der Waals surface area contributed by atoms with Gasteiger partial charge in [0.05, 0.1) is 0 Å². The van der Waals surface area contributed by atoms with E-state index in [1.807, 2.05) is 30.3 Å². The van der Waals surface area contributed by atoms with Crippen molar-refractivity contribution in [3.63, 3.8) is 0 Å². The molecule has 1 aliphatic heterocycles. The molecule has 1 fully saturated rings. The van der Waals surface area contributed by atoms with E-state index in [0.29, 0.717) is 12.8 Å². The molecule has 0 saturated carbocycles. The predicted octanol–water partition coefficient (Wildman–Crippen LogP) is 1.13. The van der Waals surface area contributed by atoms with Crippen LogP contribution in [0.3, 0.4) is 0 Å². The number of carbonyl (C=O) groups excluding carboxylic acids is 1. The Bertz CT molecular complexity index is 576. The average molecular weight is 374 g/mol. The summed E-state index contributed by atoms with van der Waals surface area (Å²) in [6.07, 6.45) is -8.22. The van der Waals surface area contributed by atoms with Gasteiger partial charge in [0.2, 0.25) is 5.91 Å². The van der Waals surface area contributed by atoms with Crippen LogP contribution in [0.2, 0.25) is 0 Å². The lowest BCUT2D eigenvalue weighted by atomic mass is 9.87. The minimum Gasteiger partial charge on any atom is -0.388 e. The minimum atomic E-state index is -3.03. The Morgan fingerprint density at radius 1 is 1.23 bits per heavy atom. The highest BCUT2D eigenvalue weighted by Crippen LogP contribution is 2.30. The third-order valence-electron chi connectivity index (χ3n) is 4.67. The molecule has 0 radical (unpaired) electrons. The molecule has 5 nitrogen and oxygen atoms in total. The average Bonchev–Trinajstić information content (AvgIpc) is 2.60. The maximum Gasteiger partial charge on any atom is 0.256 e. The predicted molar refractivity (Wildman–Crippen MR) is 90.6 cm³/mol. The van der Waals surface area contributed by atoms with Crippen molar-refractivity contribution in [3.8, 4) is 0 Å². The zero-order chi connectivity index (χ0) is 19.3. The SMILES string of the molecule is CCNC(=O)C1C(F)C(O)C(O)C(C(F)F)N1CCCc1ccccc1. The van der Waals surface area contributed by atoms with Crippen LogP contribution in [0.15, 0.2) is 30.3 Å². The Labute approximate surface area is 150 Å². The van der Waals surface area contributed by atoms with Gasteiger partial charge >= 0.3 is 0 Å². The number of halogens is 3. The summed E-state index contributed by atoms with van der Waals surface area (Å²) in [5.74, 6) is -0.767. The molecule has 5 unspecified atom stereocenters. The maximum absolute atomic E-state index is 14.5. The van der Waals surface area contributed by atoms with E-state index < -0.39 is 42.8 Å². The number of alkyl halides is 3. The van der Waals surface area contributed by atoms with Gasteiger partial charge in [-0.05, 0) is 31.9 Å². The molecule has 1 amide bonds. The normalized spacial score (nSPS) is 29.7. The van der Waals surface area contributed by atoms with E-state index in [0.717, 1.165) is 10.5 Å². The zero-order valence-corrected chi connectivity index (χ0v) is 14.6. The van der Waals surface area contributed by atoms with E-state index in [9.17, 15) is 28.2 Å². The number of aryl methyl sites for hydroxylation is 1. The molecule has 0 bridgehead atoms. The second-order valence-corrected chi connectivity index (χ2v) is 6.42. The number of aliphatic hydroxyl groups is 2. The third-order valence-corrected chi connectivity index (χ3v) is 4.67. The van der Waals surface area contributed by atoms with Gasteiger partial charge in [-0.1, -0.05) is 30.3 Å². The summed E-state index contributed by atoms with van der Waals surface area (Å²) < 4.78 is 41.6. The van der Waals surface area contributed by atoms with Crippen LogP contribution in [0.4, 0.5) is 13.2 Å².